The molecule has 0 amide bonds. The molecule has 0 aromatic carbocycles. The van der Waals surface area contributed by atoms with Gasteiger partial charge in [0.15, 0.2) is 0 Å². The van der Waals surface area contributed by atoms with E-state index < -0.39 is 5.83 Å². The number of halogens is 1. The van der Waals surface area contributed by atoms with E-state index in [1.807, 2.05) is 13.0 Å². The zero-order chi connectivity index (χ0) is 17.8. The van der Waals surface area contributed by atoms with Gasteiger partial charge in [-0.25, -0.2) is 14.4 Å². The van der Waals surface area contributed by atoms with E-state index in [1.54, 1.807) is 18.5 Å². The van der Waals surface area contributed by atoms with E-state index in [-0.39, 0.29) is 5.92 Å². The fourth-order valence-corrected chi connectivity index (χ4v) is 2.35. The lowest BCUT2D eigenvalue weighted by Gasteiger charge is -2.27. The van der Waals surface area contributed by atoms with Gasteiger partial charge in [-0.1, -0.05) is 38.7 Å². The predicted octanol–water partition coefficient (Wildman–Crippen LogP) is 3.86. The highest BCUT2D eigenvalue weighted by atomic mass is 19.1. The van der Waals surface area contributed by atoms with E-state index in [4.69, 9.17) is 0 Å². The molecule has 0 bridgehead atoms. The Hall–Kier alpha value is -2.01. The van der Waals surface area contributed by atoms with Crippen molar-refractivity contribution in [1.29, 1.82) is 0 Å². The van der Waals surface area contributed by atoms with Gasteiger partial charge in [0, 0.05) is 44.5 Å². The average molecular weight is 332 g/mol. The first-order valence-electron chi connectivity index (χ1n) is 8.49. The predicted molar refractivity (Wildman–Crippen MR) is 102 cm³/mol. The first-order valence-corrected chi connectivity index (χ1v) is 8.49. The lowest BCUT2D eigenvalue weighted by Crippen LogP contribution is -2.45. The number of rotatable bonds is 6. The maximum Gasteiger partial charge on any atom is 0.224 e. The van der Waals surface area contributed by atoms with Gasteiger partial charge in [0.05, 0.1) is 0 Å². The topological polar surface area (TPSA) is 40.0 Å². The van der Waals surface area contributed by atoms with Gasteiger partial charge in [0.2, 0.25) is 5.96 Å². The summed E-state index contributed by atoms with van der Waals surface area (Å²) in [4.78, 5) is 11.0. The van der Waals surface area contributed by atoms with Crippen LogP contribution in [-0.4, -0.2) is 43.3 Å². The van der Waals surface area contributed by atoms with Crippen molar-refractivity contribution in [3.05, 3.63) is 48.5 Å². The minimum absolute atomic E-state index is 0.138. The maximum atomic E-state index is 12.8. The Balaban J connectivity index is 2.81. The second kappa shape index (κ2) is 11.5. The number of piperazine rings is 1. The van der Waals surface area contributed by atoms with E-state index in [2.05, 4.69) is 46.7 Å². The van der Waals surface area contributed by atoms with Crippen molar-refractivity contribution in [3.8, 4) is 0 Å². The molecule has 1 rings (SSSR count). The van der Waals surface area contributed by atoms with Gasteiger partial charge in [-0.2, -0.15) is 0 Å². The molecule has 24 heavy (non-hydrogen) atoms. The molecule has 0 aromatic rings. The van der Waals surface area contributed by atoms with E-state index in [9.17, 15) is 4.39 Å². The summed E-state index contributed by atoms with van der Waals surface area (Å²) in [6, 6.07) is 0. The van der Waals surface area contributed by atoms with Crippen LogP contribution in [0.3, 0.4) is 0 Å². The van der Waals surface area contributed by atoms with Crippen LogP contribution in [0.2, 0.25) is 0 Å². The lowest BCUT2D eigenvalue weighted by atomic mass is 9.99. The molecule has 0 saturated carbocycles. The third-order valence-corrected chi connectivity index (χ3v) is 3.63. The van der Waals surface area contributed by atoms with Crippen LogP contribution >= 0.6 is 0 Å². The highest BCUT2D eigenvalue weighted by Gasteiger charge is 2.12. The Bertz CT molecular complexity index is 538. The van der Waals surface area contributed by atoms with E-state index in [0.717, 1.165) is 44.1 Å². The molecule has 1 atom stereocenters. The quantitative estimate of drug-likeness (QED) is 0.456. The normalized spacial score (nSPS) is 18.9. The fourth-order valence-electron chi connectivity index (χ4n) is 2.35. The number of guanidine groups is 1. The van der Waals surface area contributed by atoms with Gasteiger partial charge >= 0.3 is 0 Å². The molecule has 5 heteroatoms. The molecule has 0 aromatic heterocycles. The van der Waals surface area contributed by atoms with Crippen molar-refractivity contribution in [2.45, 2.75) is 27.2 Å². The molecule has 0 aliphatic carbocycles. The van der Waals surface area contributed by atoms with Gasteiger partial charge < -0.3 is 10.2 Å². The molecule has 1 aliphatic rings. The van der Waals surface area contributed by atoms with Crippen molar-refractivity contribution in [2.75, 3.05) is 26.2 Å². The molecular weight excluding hydrogens is 303 g/mol. The molecular formula is C19H29FN4. The highest BCUT2D eigenvalue weighted by molar-refractivity contribution is 5.87. The minimum atomic E-state index is -0.440. The number of hydrogen-bond acceptors (Lipinski definition) is 2. The van der Waals surface area contributed by atoms with Crippen LogP contribution in [0.4, 0.5) is 4.39 Å². The van der Waals surface area contributed by atoms with E-state index >= 15 is 0 Å². The Morgan fingerprint density at radius 3 is 2.62 bits per heavy atom. The minimum Gasteiger partial charge on any atom is -0.338 e. The van der Waals surface area contributed by atoms with Crippen molar-refractivity contribution in [3.63, 3.8) is 0 Å². The summed E-state index contributed by atoms with van der Waals surface area (Å²) in [6.07, 6.45) is 11.7. The fraction of sp³-hybridized carbons (Fsp3) is 0.474. The molecule has 132 valence electrons. The number of nitrogens with one attached hydrogen (secondary N) is 1. The van der Waals surface area contributed by atoms with Crippen LogP contribution in [-0.2, 0) is 0 Å². The maximum absolute atomic E-state index is 12.8. The SMILES string of the molecule is C=C(F)/C=C\C(=C/CC)C(C)/C=C/N=C(/N=C\C)N1CCNCC1. The largest absolute Gasteiger partial charge is 0.338 e. The highest BCUT2D eigenvalue weighted by Crippen LogP contribution is 2.16. The van der Waals surface area contributed by atoms with Crippen molar-refractivity contribution < 1.29 is 4.39 Å². The van der Waals surface area contributed by atoms with E-state index in [1.165, 1.54) is 6.08 Å². The molecule has 4 nitrogen and oxygen atoms in total. The molecule has 1 fully saturated rings. The Kier molecular flexibility index (Phi) is 9.61. The van der Waals surface area contributed by atoms with Crippen LogP contribution in [0.25, 0.3) is 0 Å². The Morgan fingerprint density at radius 2 is 2.04 bits per heavy atom. The van der Waals surface area contributed by atoms with Crippen LogP contribution in [0.1, 0.15) is 27.2 Å². The monoisotopic (exact) mass is 332 g/mol. The molecule has 0 spiro atoms. The second-order valence-corrected chi connectivity index (χ2v) is 5.58. The zero-order valence-electron chi connectivity index (χ0n) is 15.0. The summed E-state index contributed by atoms with van der Waals surface area (Å²) < 4.78 is 12.8. The molecule has 0 radical (unpaired) electrons. The van der Waals surface area contributed by atoms with Crippen molar-refractivity contribution in [1.82, 2.24) is 10.2 Å². The summed E-state index contributed by atoms with van der Waals surface area (Å²) in [5.74, 6) is 0.430. The lowest BCUT2D eigenvalue weighted by molar-refractivity contribution is 0.354. The van der Waals surface area contributed by atoms with Gasteiger partial charge in [-0.15, -0.1) is 0 Å². The standard InChI is InChI=1S/C19H29FN4/c1-5-7-18(9-8-17(4)20)16(3)10-11-23-19(22-6-2)24-14-12-21-13-15-24/h6-11,16,21H,4-5,12-15H2,1-3H3/b9-8-,11-10+,18-7+,22-6-,23-19-. The van der Waals surface area contributed by atoms with Gasteiger partial charge in [0.1, 0.15) is 5.83 Å². The first kappa shape index (κ1) is 20.0. The zero-order valence-corrected chi connectivity index (χ0v) is 15.0. The van der Waals surface area contributed by atoms with Crippen LogP contribution < -0.4 is 5.32 Å². The summed E-state index contributed by atoms with van der Waals surface area (Å²) in [6.45, 7) is 13.0. The van der Waals surface area contributed by atoms with Crippen molar-refractivity contribution in [2.24, 2.45) is 15.9 Å². The molecule has 1 N–H and O–H groups in total. The van der Waals surface area contributed by atoms with Crippen LogP contribution in [0, 0.1) is 5.92 Å². The first-order chi connectivity index (χ1) is 11.6. The molecule has 1 unspecified atom stereocenters. The molecule has 1 saturated heterocycles. The summed E-state index contributed by atoms with van der Waals surface area (Å²) in [5, 5.41) is 3.32. The summed E-state index contributed by atoms with van der Waals surface area (Å²) in [7, 11) is 0. The Labute approximate surface area is 145 Å². The van der Waals surface area contributed by atoms with Gasteiger partial charge in [-0.05, 0) is 25.0 Å². The number of nitrogens with zero attached hydrogens (tertiary/aromatic N) is 3. The Morgan fingerprint density at radius 1 is 1.33 bits per heavy atom. The van der Waals surface area contributed by atoms with Crippen molar-refractivity contribution >= 4 is 12.2 Å². The number of hydrogen-bond donors (Lipinski definition) is 1. The molecule has 1 aliphatic heterocycles. The van der Waals surface area contributed by atoms with Crippen LogP contribution in [0.15, 0.2) is 58.5 Å². The second-order valence-electron chi connectivity index (χ2n) is 5.58. The van der Waals surface area contributed by atoms with Gasteiger partial charge in [0.25, 0.3) is 0 Å². The third-order valence-electron chi connectivity index (χ3n) is 3.63. The summed E-state index contributed by atoms with van der Waals surface area (Å²) in [5.41, 5.74) is 1.05. The summed E-state index contributed by atoms with van der Waals surface area (Å²) >= 11 is 0. The van der Waals surface area contributed by atoms with E-state index in [0.29, 0.717) is 0 Å². The van der Waals surface area contributed by atoms with Crippen LogP contribution in [0.5, 0.6) is 0 Å². The van der Waals surface area contributed by atoms with Gasteiger partial charge in [-0.3, -0.25) is 0 Å². The smallest absolute Gasteiger partial charge is 0.224 e. The number of aliphatic imine (C=N–C) groups is 2. The average Bonchev–Trinajstić information content (AvgIpc) is 2.58. The molecule has 1 heterocycles. The third kappa shape index (κ3) is 7.51. The number of allylic oxidation sites excluding steroid dienone is 6.